The summed E-state index contributed by atoms with van der Waals surface area (Å²) in [7, 11) is -5.45. The third-order valence-electron chi connectivity index (χ3n) is 6.75. The number of hydrogen-bond acceptors (Lipinski definition) is 5. The van der Waals surface area contributed by atoms with E-state index in [0.29, 0.717) is 12.8 Å². The highest BCUT2D eigenvalue weighted by Gasteiger charge is 2.61. The molecule has 8 heteroatoms. The first-order valence-electron chi connectivity index (χ1n) is 11.9. The van der Waals surface area contributed by atoms with E-state index in [1.165, 1.54) is 48.5 Å². The van der Waals surface area contributed by atoms with Gasteiger partial charge in [0, 0.05) is 0 Å². The number of carbonyl (C=O) groups excluding carboxylic acids is 1. The van der Waals surface area contributed by atoms with Gasteiger partial charge in [-0.2, -0.15) is 8.78 Å². The van der Waals surface area contributed by atoms with Gasteiger partial charge in [-0.15, -0.1) is 0 Å². The molecule has 5 nitrogen and oxygen atoms in total. The van der Waals surface area contributed by atoms with Crippen LogP contribution in [0.1, 0.15) is 48.8 Å². The molecule has 0 heterocycles. The predicted molar refractivity (Wildman–Crippen MR) is 132 cm³/mol. The summed E-state index contributed by atoms with van der Waals surface area (Å²) in [4.78, 5) is 12.5. The monoisotopic (exact) mass is 514 g/mol. The number of rotatable bonds is 8. The second-order valence-electron chi connectivity index (χ2n) is 9.04. The van der Waals surface area contributed by atoms with E-state index in [0.717, 1.165) is 19.3 Å². The molecule has 0 bridgehead atoms. The molecule has 190 valence electrons. The van der Waals surface area contributed by atoms with Gasteiger partial charge < -0.3 is 9.84 Å². The normalized spacial score (nSPS) is 15.4. The summed E-state index contributed by atoms with van der Waals surface area (Å²) in [6.45, 7) is -1.58. The molecule has 1 fully saturated rings. The molecular formula is C28H28F2O5S. The number of benzene rings is 3. The van der Waals surface area contributed by atoms with Gasteiger partial charge in [0.2, 0.25) is 9.84 Å². The maximum Gasteiger partial charge on any atom is 0.380 e. The van der Waals surface area contributed by atoms with Crippen molar-refractivity contribution in [2.45, 2.75) is 42.1 Å². The fourth-order valence-corrected chi connectivity index (χ4v) is 6.92. The molecule has 4 rings (SSSR count). The summed E-state index contributed by atoms with van der Waals surface area (Å²) < 4.78 is 62.6. The van der Waals surface area contributed by atoms with E-state index in [1.807, 2.05) is 0 Å². The number of phenols is 1. The van der Waals surface area contributed by atoms with Crippen molar-refractivity contribution in [2.75, 3.05) is 6.61 Å². The molecule has 0 aliphatic heterocycles. The summed E-state index contributed by atoms with van der Waals surface area (Å²) >= 11 is 0. The average Bonchev–Trinajstić information content (AvgIpc) is 2.90. The van der Waals surface area contributed by atoms with Crippen molar-refractivity contribution in [2.24, 2.45) is 5.92 Å². The second-order valence-corrected chi connectivity index (χ2v) is 11.3. The average molecular weight is 515 g/mol. The molecule has 1 aliphatic carbocycles. The van der Waals surface area contributed by atoms with Crippen LogP contribution in [0.4, 0.5) is 8.78 Å². The number of hydrogen-bond donors (Lipinski definition) is 1. The van der Waals surface area contributed by atoms with Gasteiger partial charge in [-0.25, -0.2) is 8.42 Å². The van der Waals surface area contributed by atoms with Gasteiger partial charge >= 0.3 is 11.2 Å². The summed E-state index contributed by atoms with van der Waals surface area (Å²) in [5.41, 5.74) is 0.219. The van der Waals surface area contributed by atoms with E-state index in [2.05, 4.69) is 0 Å². The van der Waals surface area contributed by atoms with Gasteiger partial charge in [0.1, 0.15) is 5.75 Å². The first-order valence-corrected chi connectivity index (χ1v) is 13.4. The number of ether oxygens (including phenoxy) is 1. The molecule has 0 aromatic heterocycles. The van der Waals surface area contributed by atoms with Gasteiger partial charge in [0.25, 0.3) is 0 Å². The number of phenolic OH excluding ortho intramolecular Hbond substituents is 1. The lowest BCUT2D eigenvalue weighted by Gasteiger charge is -2.37. The fraction of sp³-hybridized carbons (Fsp3) is 0.321. The molecule has 0 spiro atoms. The molecule has 1 aliphatic rings. The summed E-state index contributed by atoms with van der Waals surface area (Å²) in [6, 6.07) is 20.7. The highest BCUT2D eigenvalue weighted by molar-refractivity contribution is 7.93. The Morgan fingerprint density at radius 3 is 1.78 bits per heavy atom. The Hall–Kier alpha value is -3.26. The zero-order valence-electron chi connectivity index (χ0n) is 19.6. The quantitative estimate of drug-likeness (QED) is 0.303. The Morgan fingerprint density at radius 1 is 0.806 bits per heavy atom. The van der Waals surface area contributed by atoms with Crippen molar-refractivity contribution in [1.29, 1.82) is 0 Å². The molecular weight excluding hydrogens is 486 g/mol. The van der Waals surface area contributed by atoms with E-state index in [-0.39, 0.29) is 22.4 Å². The zero-order chi connectivity index (χ0) is 25.8. The molecule has 0 atom stereocenters. The fourth-order valence-electron chi connectivity index (χ4n) is 4.92. The molecule has 3 aromatic carbocycles. The van der Waals surface area contributed by atoms with Crippen LogP contribution in [-0.4, -0.2) is 31.4 Å². The van der Waals surface area contributed by atoms with Gasteiger partial charge in [-0.1, -0.05) is 92.1 Å². The lowest BCUT2D eigenvalue weighted by atomic mass is 9.84. The molecule has 0 saturated heterocycles. The van der Waals surface area contributed by atoms with E-state index >= 15 is 8.78 Å². The second kappa shape index (κ2) is 10.4. The van der Waals surface area contributed by atoms with Gasteiger partial charge in [0.05, 0.1) is 5.92 Å². The molecule has 0 unspecified atom stereocenters. The number of alkyl halides is 2. The maximum absolute atomic E-state index is 15.8. The summed E-state index contributed by atoms with van der Waals surface area (Å²) in [5.74, 6) is -1.43. The Balaban J connectivity index is 1.86. The van der Waals surface area contributed by atoms with E-state index in [1.54, 1.807) is 36.4 Å². The van der Waals surface area contributed by atoms with Crippen LogP contribution < -0.4 is 0 Å². The standard InChI is InChI=1S/C28H28F2O5S/c29-27(30,20-35-26(32)21-10-4-1-5-11-21)36(33,34)28(22-12-6-2-7-13-22,23-14-8-3-9-15-23)24-16-18-25(31)19-17-24/h2-3,6-9,12-19,21,31H,1,4-5,10-11,20H2. The van der Waals surface area contributed by atoms with Crippen LogP contribution in [0.2, 0.25) is 0 Å². The van der Waals surface area contributed by atoms with Crippen LogP contribution >= 0.6 is 0 Å². The van der Waals surface area contributed by atoms with Crippen LogP contribution in [0.3, 0.4) is 0 Å². The lowest BCUT2D eigenvalue weighted by molar-refractivity contribution is -0.155. The highest BCUT2D eigenvalue weighted by Crippen LogP contribution is 2.49. The number of esters is 1. The molecule has 0 radical (unpaired) electrons. The summed E-state index contributed by atoms with van der Waals surface area (Å²) in [6.07, 6.45) is 3.67. The molecule has 1 N–H and O–H groups in total. The Kier molecular flexibility index (Phi) is 7.45. The minimum Gasteiger partial charge on any atom is -0.508 e. The van der Waals surface area contributed by atoms with Crippen molar-refractivity contribution in [3.05, 3.63) is 102 Å². The molecule has 36 heavy (non-hydrogen) atoms. The van der Waals surface area contributed by atoms with Crippen molar-refractivity contribution >= 4 is 15.8 Å². The van der Waals surface area contributed by atoms with Gasteiger partial charge in [-0.3, -0.25) is 4.79 Å². The van der Waals surface area contributed by atoms with Crippen LogP contribution in [0.25, 0.3) is 0 Å². The largest absolute Gasteiger partial charge is 0.508 e. The molecule has 3 aromatic rings. The van der Waals surface area contributed by atoms with Crippen LogP contribution in [0, 0.1) is 5.92 Å². The van der Waals surface area contributed by atoms with Crippen molar-refractivity contribution in [1.82, 2.24) is 0 Å². The van der Waals surface area contributed by atoms with Gasteiger partial charge in [0.15, 0.2) is 11.4 Å². The Labute approximate surface area is 209 Å². The first-order chi connectivity index (χ1) is 17.2. The SMILES string of the molecule is O=C(OCC(F)(F)S(=O)(=O)C(c1ccccc1)(c1ccccc1)c1ccc(O)cc1)C1CCCCC1. The maximum atomic E-state index is 15.8. The van der Waals surface area contributed by atoms with Gasteiger partial charge in [-0.05, 0) is 41.7 Å². The number of carbonyl (C=O) groups is 1. The van der Waals surface area contributed by atoms with Crippen molar-refractivity contribution < 1.29 is 31.8 Å². The van der Waals surface area contributed by atoms with Crippen LogP contribution in [0.5, 0.6) is 5.75 Å². The van der Waals surface area contributed by atoms with Crippen LogP contribution in [-0.2, 0) is 24.1 Å². The first kappa shape index (κ1) is 25.8. The lowest BCUT2D eigenvalue weighted by Crippen LogP contribution is -2.50. The minimum atomic E-state index is -5.45. The Morgan fingerprint density at radius 2 is 1.28 bits per heavy atom. The highest BCUT2D eigenvalue weighted by atomic mass is 32.2. The van der Waals surface area contributed by atoms with Crippen molar-refractivity contribution in [3.8, 4) is 5.75 Å². The number of halogens is 2. The topological polar surface area (TPSA) is 80.7 Å². The summed E-state index contributed by atoms with van der Waals surface area (Å²) in [5, 5.41) is 5.42. The third kappa shape index (κ3) is 4.62. The van der Waals surface area contributed by atoms with Crippen LogP contribution in [0.15, 0.2) is 84.9 Å². The minimum absolute atomic E-state index is 0.0241. The van der Waals surface area contributed by atoms with Crippen molar-refractivity contribution in [3.63, 3.8) is 0 Å². The van der Waals surface area contributed by atoms with E-state index < -0.39 is 38.3 Å². The molecule has 0 amide bonds. The third-order valence-corrected chi connectivity index (χ3v) is 9.17. The number of aromatic hydroxyl groups is 1. The smallest absolute Gasteiger partial charge is 0.380 e. The zero-order valence-corrected chi connectivity index (χ0v) is 20.5. The predicted octanol–water partition coefficient (Wildman–Crippen LogP) is 5.82. The van der Waals surface area contributed by atoms with E-state index in [9.17, 15) is 18.3 Å². The number of sulfone groups is 1. The molecule has 1 saturated carbocycles. The van der Waals surface area contributed by atoms with E-state index in [4.69, 9.17) is 4.74 Å². The Bertz CT molecular complexity index is 1230.